The largest absolute Gasteiger partial charge is 0.323 e. The van der Waals surface area contributed by atoms with Crippen LogP contribution in [0.15, 0.2) is 47.4 Å². The van der Waals surface area contributed by atoms with E-state index in [-0.39, 0.29) is 34.6 Å². The molecule has 0 aliphatic carbocycles. The maximum absolute atomic E-state index is 13.1. The number of amides is 1. The summed E-state index contributed by atoms with van der Waals surface area (Å²) in [4.78, 5) is 14.2. The molecule has 0 atom stereocenters. The number of hydrogen-bond donors (Lipinski definition) is 1. The Balaban J connectivity index is 2.37. The van der Waals surface area contributed by atoms with Crippen molar-refractivity contribution in [3.63, 3.8) is 0 Å². The van der Waals surface area contributed by atoms with Crippen LogP contribution in [0.1, 0.15) is 29.8 Å². The van der Waals surface area contributed by atoms with Crippen LogP contribution in [0.4, 0.5) is 4.39 Å². The van der Waals surface area contributed by atoms with E-state index in [0.29, 0.717) is 5.56 Å². The van der Waals surface area contributed by atoms with Gasteiger partial charge in [0.1, 0.15) is 5.82 Å². The van der Waals surface area contributed by atoms with Crippen LogP contribution in [0.2, 0.25) is 5.02 Å². The number of terminal acetylenes is 1. The van der Waals surface area contributed by atoms with E-state index in [4.69, 9.17) is 18.0 Å². The molecule has 0 aromatic heterocycles. The van der Waals surface area contributed by atoms with Crippen molar-refractivity contribution in [2.45, 2.75) is 31.3 Å². The molecule has 0 radical (unpaired) electrons. The molecule has 2 rings (SSSR count). The Morgan fingerprint density at radius 1 is 1.25 bits per heavy atom. The Labute approximate surface area is 169 Å². The van der Waals surface area contributed by atoms with Crippen LogP contribution in [0, 0.1) is 18.2 Å². The molecule has 0 aliphatic rings. The summed E-state index contributed by atoms with van der Waals surface area (Å²) >= 11 is 6.15. The van der Waals surface area contributed by atoms with E-state index in [1.807, 2.05) is 0 Å². The highest BCUT2D eigenvalue weighted by Gasteiger charge is 2.22. The molecule has 0 saturated heterocycles. The number of hydrogen-bond acceptors (Lipinski definition) is 3. The lowest BCUT2D eigenvalue weighted by molar-refractivity contribution is 0.0765. The van der Waals surface area contributed by atoms with Crippen molar-refractivity contribution in [1.82, 2.24) is 9.62 Å². The number of rotatable bonds is 7. The predicted octanol–water partition coefficient (Wildman–Crippen LogP) is 3.44. The van der Waals surface area contributed by atoms with Gasteiger partial charge in [-0.2, -0.15) is 0 Å². The zero-order valence-corrected chi connectivity index (χ0v) is 17.0. The first kappa shape index (κ1) is 21.9. The van der Waals surface area contributed by atoms with Gasteiger partial charge in [0.2, 0.25) is 10.0 Å². The molecule has 0 fully saturated rings. The van der Waals surface area contributed by atoms with E-state index in [0.717, 1.165) is 0 Å². The third kappa shape index (κ3) is 5.55. The minimum absolute atomic E-state index is 0.0191. The van der Waals surface area contributed by atoms with Gasteiger partial charge in [0.15, 0.2) is 0 Å². The second kappa shape index (κ2) is 9.20. The average Bonchev–Trinajstić information content (AvgIpc) is 2.61. The van der Waals surface area contributed by atoms with Gasteiger partial charge in [0, 0.05) is 12.6 Å². The highest BCUT2D eigenvalue weighted by atomic mass is 35.5. The number of nitrogens with zero attached hydrogens (tertiary/aromatic N) is 1. The van der Waals surface area contributed by atoms with Gasteiger partial charge in [-0.1, -0.05) is 29.7 Å². The molecular weight excluding hydrogens is 403 g/mol. The SMILES string of the molecule is C#CCN(Cc1ccc(F)cc1)C(=O)c1cc(S(=O)(=O)NC(C)C)ccc1Cl. The smallest absolute Gasteiger partial charge is 0.256 e. The van der Waals surface area contributed by atoms with E-state index in [1.165, 1.54) is 35.2 Å². The molecule has 2 aromatic carbocycles. The van der Waals surface area contributed by atoms with E-state index in [1.54, 1.807) is 26.0 Å². The number of carbonyl (C=O) groups excluding carboxylic acids is 1. The van der Waals surface area contributed by atoms with Gasteiger partial charge in [0.05, 0.1) is 22.0 Å². The quantitative estimate of drug-likeness (QED) is 0.695. The van der Waals surface area contributed by atoms with E-state index in [9.17, 15) is 17.6 Å². The lowest BCUT2D eigenvalue weighted by Gasteiger charge is -2.21. The number of carbonyl (C=O) groups is 1. The zero-order valence-electron chi connectivity index (χ0n) is 15.4. The molecule has 0 aliphatic heterocycles. The van der Waals surface area contributed by atoms with Crippen LogP contribution in [0.3, 0.4) is 0 Å². The molecule has 1 amide bonds. The van der Waals surface area contributed by atoms with Crippen molar-refractivity contribution >= 4 is 27.5 Å². The van der Waals surface area contributed by atoms with Gasteiger partial charge in [-0.05, 0) is 49.7 Å². The van der Waals surface area contributed by atoms with Gasteiger partial charge in [0.25, 0.3) is 5.91 Å². The molecule has 8 heteroatoms. The van der Waals surface area contributed by atoms with Crippen molar-refractivity contribution < 1.29 is 17.6 Å². The third-order valence-corrected chi connectivity index (χ3v) is 5.71. The molecule has 2 aromatic rings. The topological polar surface area (TPSA) is 66.5 Å². The molecule has 0 unspecified atom stereocenters. The van der Waals surface area contributed by atoms with Gasteiger partial charge in [-0.25, -0.2) is 17.5 Å². The number of halogens is 2. The minimum atomic E-state index is -3.80. The fourth-order valence-electron chi connectivity index (χ4n) is 2.50. The van der Waals surface area contributed by atoms with Crippen LogP contribution in [0.25, 0.3) is 0 Å². The molecule has 0 spiro atoms. The number of nitrogens with one attached hydrogen (secondary N) is 1. The number of benzene rings is 2. The Kier molecular flexibility index (Phi) is 7.19. The molecule has 0 bridgehead atoms. The molecule has 5 nitrogen and oxygen atoms in total. The molecule has 148 valence electrons. The monoisotopic (exact) mass is 422 g/mol. The number of sulfonamides is 1. The first-order chi connectivity index (χ1) is 13.1. The lowest BCUT2D eigenvalue weighted by atomic mass is 10.1. The lowest BCUT2D eigenvalue weighted by Crippen LogP contribution is -2.32. The second-order valence-electron chi connectivity index (χ2n) is 6.41. The van der Waals surface area contributed by atoms with Crippen LogP contribution < -0.4 is 4.72 Å². The Bertz CT molecular complexity index is 999. The fourth-order valence-corrected chi connectivity index (χ4v) is 3.98. The Morgan fingerprint density at radius 2 is 1.89 bits per heavy atom. The van der Waals surface area contributed by atoms with Gasteiger partial charge in [-0.15, -0.1) is 6.42 Å². The predicted molar refractivity (Wildman–Crippen MR) is 107 cm³/mol. The average molecular weight is 423 g/mol. The van der Waals surface area contributed by atoms with Crippen LogP contribution in [-0.2, 0) is 16.6 Å². The summed E-state index contributed by atoms with van der Waals surface area (Å²) in [5.74, 6) is 1.49. The van der Waals surface area contributed by atoms with Gasteiger partial charge >= 0.3 is 0 Å². The first-order valence-corrected chi connectivity index (χ1v) is 10.3. The molecule has 0 saturated carbocycles. The first-order valence-electron chi connectivity index (χ1n) is 8.43. The van der Waals surface area contributed by atoms with Gasteiger partial charge in [-0.3, -0.25) is 4.79 Å². The summed E-state index contributed by atoms with van der Waals surface area (Å²) in [6, 6.07) is 9.25. The zero-order chi connectivity index (χ0) is 20.9. The van der Waals surface area contributed by atoms with E-state index < -0.39 is 21.7 Å². The normalized spacial score (nSPS) is 11.3. The van der Waals surface area contributed by atoms with Crippen LogP contribution >= 0.6 is 11.6 Å². The maximum atomic E-state index is 13.1. The van der Waals surface area contributed by atoms with Crippen molar-refractivity contribution in [3.8, 4) is 12.3 Å². The van der Waals surface area contributed by atoms with E-state index >= 15 is 0 Å². The van der Waals surface area contributed by atoms with Crippen molar-refractivity contribution in [2.24, 2.45) is 0 Å². The van der Waals surface area contributed by atoms with E-state index in [2.05, 4.69) is 10.6 Å². The molecule has 0 heterocycles. The van der Waals surface area contributed by atoms with Crippen molar-refractivity contribution in [2.75, 3.05) is 6.54 Å². The summed E-state index contributed by atoms with van der Waals surface area (Å²) < 4.78 is 40.4. The summed E-state index contributed by atoms with van der Waals surface area (Å²) in [5.41, 5.74) is 0.692. The van der Waals surface area contributed by atoms with Gasteiger partial charge < -0.3 is 4.90 Å². The molecule has 28 heavy (non-hydrogen) atoms. The Hall–Kier alpha value is -2.40. The minimum Gasteiger partial charge on any atom is -0.323 e. The summed E-state index contributed by atoms with van der Waals surface area (Å²) in [5, 5.41) is 0.106. The third-order valence-electron chi connectivity index (χ3n) is 3.73. The summed E-state index contributed by atoms with van der Waals surface area (Å²) in [7, 11) is -3.80. The van der Waals surface area contributed by atoms with Crippen LogP contribution in [-0.4, -0.2) is 31.8 Å². The maximum Gasteiger partial charge on any atom is 0.256 e. The Morgan fingerprint density at radius 3 is 2.46 bits per heavy atom. The van der Waals surface area contributed by atoms with Crippen molar-refractivity contribution in [3.05, 3.63) is 64.4 Å². The van der Waals surface area contributed by atoms with Crippen molar-refractivity contribution in [1.29, 1.82) is 0 Å². The molecular formula is C20H20ClFN2O3S. The summed E-state index contributed by atoms with van der Waals surface area (Å²) in [6.45, 7) is 3.49. The second-order valence-corrected chi connectivity index (χ2v) is 8.53. The highest BCUT2D eigenvalue weighted by Crippen LogP contribution is 2.23. The standard InChI is InChI=1S/C20H20ClFN2O3S/c1-4-11-24(13-15-5-7-16(22)8-6-15)20(25)18-12-17(9-10-19(18)21)28(26,27)23-14(2)3/h1,5-10,12,14,23H,11,13H2,2-3H3. The summed E-state index contributed by atoms with van der Waals surface area (Å²) in [6.07, 6.45) is 5.37. The fraction of sp³-hybridized carbons (Fsp3) is 0.250. The highest BCUT2D eigenvalue weighted by molar-refractivity contribution is 7.89. The molecule has 1 N–H and O–H groups in total. The van der Waals surface area contributed by atoms with Crippen LogP contribution in [0.5, 0.6) is 0 Å².